The van der Waals surface area contributed by atoms with Crippen molar-refractivity contribution in [2.75, 3.05) is 19.7 Å². The second kappa shape index (κ2) is 15.0. The van der Waals surface area contributed by atoms with Crippen molar-refractivity contribution in [1.29, 1.82) is 0 Å². The number of nitrogens with one attached hydrogen (secondary N) is 1. The van der Waals surface area contributed by atoms with E-state index in [0.717, 1.165) is 13.2 Å². The predicted octanol–water partition coefficient (Wildman–Crippen LogP) is 4.53. The van der Waals surface area contributed by atoms with E-state index in [2.05, 4.69) is 26.1 Å². The Morgan fingerprint density at radius 3 is 1.94 bits per heavy atom. The van der Waals surface area contributed by atoms with Gasteiger partial charge < -0.3 is 10.1 Å². The van der Waals surface area contributed by atoms with Crippen LogP contribution in [0.5, 0.6) is 0 Å². The molecule has 0 aromatic heterocycles. The lowest BCUT2D eigenvalue weighted by Gasteiger charge is -2.07. The van der Waals surface area contributed by atoms with Crippen LogP contribution in [0.15, 0.2) is 0 Å². The smallest absolute Gasteiger partial charge is 0.0518 e. The maximum Gasteiger partial charge on any atom is 0.0518 e. The molecule has 0 fully saturated rings. The maximum absolute atomic E-state index is 5.51. The largest absolute Gasteiger partial charge is 0.379 e. The van der Waals surface area contributed by atoms with Crippen molar-refractivity contribution in [3.63, 3.8) is 0 Å². The van der Waals surface area contributed by atoms with Crippen molar-refractivity contribution >= 4 is 0 Å². The molecule has 2 nitrogen and oxygen atoms in total. The molecule has 0 radical (unpaired) electrons. The molecule has 0 aromatic carbocycles. The Hall–Kier alpha value is -0.0800. The molecular weight excluding hydrogens is 222 g/mol. The van der Waals surface area contributed by atoms with E-state index in [-0.39, 0.29) is 0 Å². The lowest BCUT2D eigenvalue weighted by atomic mass is 10.1. The minimum absolute atomic E-state index is 0.380. The van der Waals surface area contributed by atoms with E-state index in [1.807, 2.05) is 0 Å². The Morgan fingerprint density at radius 1 is 0.778 bits per heavy atom. The van der Waals surface area contributed by atoms with Crippen LogP contribution >= 0.6 is 0 Å². The monoisotopic (exact) mass is 257 g/mol. The summed E-state index contributed by atoms with van der Waals surface area (Å²) in [6, 6.07) is 0. The standard InChI is InChI=1S/C16H35NO/c1-4-5-6-7-8-9-10-13-17-14-11-12-15-18-16(2)3/h16-17H,4-15H2,1-3H3. The summed E-state index contributed by atoms with van der Waals surface area (Å²) in [5, 5.41) is 3.52. The lowest BCUT2D eigenvalue weighted by Crippen LogP contribution is -2.17. The predicted molar refractivity (Wildman–Crippen MR) is 81.2 cm³/mol. The molecule has 0 saturated carbocycles. The van der Waals surface area contributed by atoms with E-state index < -0.39 is 0 Å². The molecule has 0 rings (SSSR count). The average Bonchev–Trinajstić information content (AvgIpc) is 2.34. The SMILES string of the molecule is CCCCCCCCCNCCCCOC(C)C. The van der Waals surface area contributed by atoms with Crippen LogP contribution in [-0.2, 0) is 4.74 Å². The average molecular weight is 257 g/mol. The number of hydrogen-bond acceptors (Lipinski definition) is 2. The summed E-state index contributed by atoms with van der Waals surface area (Å²) in [5.74, 6) is 0. The van der Waals surface area contributed by atoms with Crippen LogP contribution in [0.1, 0.15) is 78.6 Å². The summed E-state index contributed by atoms with van der Waals surface area (Å²) in [7, 11) is 0. The quantitative estimate of drug-likeness (QED) is 0.462. The molecule has 0 saturated heterocycles. The van der Waals surface area contributed by atoms with Gasteiger partial charge in [-0.2, -0.15) is 0 Å². The van der Waals surface area contributed by atoms with Crippen molar-refractivity contribution < 1.29 is 4.74 Å². The second-order valence-electron chi connectivity index (χ2n) is 5.50. The Labute approximate surface area is 115 Å². The summed E-state index contributed by atoms with van der Waals surface area (Å²) in [6.45, 7) is 9.72. The first kappa shape index (κ1) is 17.9. The summed E-state index contributed by atoms with van der Waals surface area (Å²) in [6.07, 6.45) is 12.6. The molecule has 0 amide bonds. The normalized spacial score (nSPS) is 11.3. The molecule has 0 spiro atoms. The highest BCUT2D eigenvalue weighted by molar-refractivity contribution is 4.51. The van der Waals surface area contributed by atoms with E-state index in [0.29, 0.717) is 6.10 Å². The first-order valence-electron chi connectivity index (χ1n) is 8.09. The molecule has 1 N–H and O–H groups in total. The molecule has 0 bridgehead atoms. The summed E-state index contributed by atoms with van der Waals surface area (Å²) < 4.78 is 5.51. The van der Waals surface area contributed by atoms with Gasteiger partial charge in [0, 0.05) is 6.61 Å². The van der Waals surface area contributed by atoms with Gasteiger partial charge in [-0.1, -0.05) is 45.4 Å². The zero-order valence-electron chi connectivity index (χ0n) is 13.0. The van der Waals surface area contributed by atoms with Crippen LogP contribution in [-0.4, -0.2) is 25.8 Å². The first-order valence-corrected chi connectivity index (χ1v) is 8.09. The number of ether oxygens (including phenoxy) is 1. The zero-order chi connectivity index (χ0) is 13.5. The fourth-order valence-electron chi connectivity index (χ4n) is 2.00. The molecule has 0 aliphatic rings. The number of rotatable bonds is 14. The van der Waals surface area contributed by atoms with E-state index in [1.165, 1.54) is 64.3 Å². The van der Waals surface area contributed by atoms with E-state index in [9.17, 15) is 0 Å². The molecule has 0 heterocycles. The summed E-state index contributed by atoms with van der Waals surface area (Å²) >= 11 is 0. The van der Waals surface area contributed by atoms with Gasteiger partial charge in [-0.25, -0.2) is 0 Å². The number of unbranched alkanes of at least 4 members (excludes halogenated alkanes) is 7. The fourth-order valence-corrected chi connectivity index (χ4v) is 2.00. The molecule has 110 valence electrons. The molecule has 18 heavy (non-hydrogen) atoms. The third-order valence-corrected chi connectivity index (χ3v) is 3.16. The van der Waals surface area contributed by atoms with Gasteiger partial charge >= 0.3 is 0 Å². The van der Waals surface area contributed by atoms with Gasteiger partial charge in [0.15, 0.2) is 0 Å². The van der Waals surface area contributed by atoms with Crippen LogP contribution in [0, 0.1) is 0 Å². The Kier molecular flexibility index (Phi) is 14.9. The van der Waals surface area contributed by atoms with Crippen LogP contribution in [0.3, 0.4) is 0 Å². The highest BCUT2D eigenvalue weighted by Crippen LogP contribution is 2.06. The van der Waals surface area contributed by atoms with Crippen molar-refractivity contribution in [1.82, 2.24) is 5.32 Å². The Bertz CT molecular complexity index is 148. The summed E-state index contributed by atoms with van der Waals surface area (Å²) in [5.41, 5.74) is 0. The third kappa shape index (κ3) is 15.9. The van der Waals surface area contributed by atoms with Crippen LogP contribution in [0.2, 0.25) is 0 Å². The maximum atomic E-state index is 5.51. The Morgan fingerprint density at radius 2 is 1.33 bits per heavy atom. The molecule has 0 aliphatic carbocycles. The molecule has 0 unspecified atom stereocenters. The van der Waals surface area contributed by atoms with Gasteiger partial charge in [0.05, 0.1) is 6.10 Å². The van der Waals surface area contributed by atoms with E-state index in [4.69, 9.17) is 4.74 Å². The summed E-state index contributed by atoms with van der Waals surface area (Å²) in [4.78, 5) is 0. The highest BCUT2D eigenvalue weighted by Gasteiger charge is 1.94. The highest BCUT2D eigenvalue weighted by atomic mass is 16.5. The fraction of sp³-hybridized carbons (Fsp3) is 1.00. The minimum atomic E-state index is 0.380. The second-order valence-corrected chi connectivity index (χ2v) is 5.50. The molecule has 0 aliphatic heterocycles. The van der Waals surface area contributed by atoms with Crippen molar-refractivity contribution in [3.05, 3.63) is 0 Å². The lowest BCUT2D eigenvalue weighted by molar-refractivity contribution is 0.0760. The first-order chi connectivity index (χ1) is 8.77. The zero-order valence-corrected chi connectivity index (χ0v) is 13.0. The molecule has 0 aromatic rings. The van der Waals surface area contributed by atoms with Crippen molar-refractivity contribution in [2.45, 2.75) is 84.7 Å². The van der Waals surface area contributed by atoms with E-state index >= 15 is 0 Å². The van der Waals surface area contributed by atoms with Crippen LogP contribution in [0.25, 0.3) is 0 Å². The third-order valence-electron chi connectivity index (χ3n) is 3.16. The van der Waals surface area contributed by atoms with Gasteiger partial charge in [0.2, 0.25) is 0 Å². The molecule has 2 heteroatoms. The topological polar surface area (TPSA) is 21.3 Å². The molecule has 0 atom stereocenters. The minimum Gasteiger partial charge on any atom is -0.379 e. The van der Waals surface area contributed by atoms with E-state index in [1.54, 1.807) is 0 Å². The van der Waals surface area contributed by atoms with Crippen LogP contribution < -0.4 is 5.32 Å². The van der Waals surface area contributed by atoms with Gasteiger partial charge in [-0.05, 0) is 46.2 Å². The molecular formula is C16H35NO. The van der Waals surface area contributed by atoms with Gasteiger partial charge in [-0.3, -0.25) is 0 Å². The van der Waals surface area contributed by atoms with Gasteiger partial charge in [0.1, 0.15) is 0 Å². The van der Waals surface area contributed by atoms with Crippen LogP contribution in [0.4, 0.5) is 0 Å². The van der Waals surface area contributed by atoms with Gasteiger partial charge in [-0.15, -0.1) is 0 Å². The Balaban J connectivity index is 2.90. The van der Waals surface area contributed by atoms with Crippen molar-refractivity contribution in [3.8, 4) is 0 Å². The van der Waals surface area contributed by atoms with Gasteiger partial charge in [0.25, 0.3) is 0 Å². The number of hydrogen-bond donors (Lipinski definition) is 1. The van der Waals surface area contributed by atoms with Crippen molar-refractivity contribution in [2.24, 2.45) is 0 Å².